The van der Waals surface area contributed by atoms with Crippen molar-refractivity contribution in [2.45, 2.75) is 32.8 Å². The standard InChI is InChI=1S/C15H13IO4/c1-3-8-5-12(18)20-10-6-11-14(15(16)13(8)10)9(17)4-7(2)19-11/h5-7H,3-4H2,1-2H3. The summed E-state index contributed by atoms with van der Waals surface area (Å²) in [5, 5.41) is 0.845. The molecule has 1 unspecified atom stereocenters. The summed E-state index contributed by atoms with van der Waals surface area (Å²) in [7, 11) is 0. The van der Waals surface area contributed by atoms with E-state index in [1.165, 1.54) is 6.07 Å². The molecule has 5 heteroatoms. The summed E-state index contributed by atoms with van der Waals surface area (Å²) in [5.41, 5.74) is 1.62. The highest BCUT2D eigenvalue weighted by Crippen LogP contribution is 2.37. The molecule has 2 heterocycles. The molecule has 0 radical (unpaired) electrons. The molecular formula is C15H13IO4. The van der Waals surface area contributed by atoms with Crippen LogP contribution >= 0.6 is 22.6 Å². The number of halogens is 1. The first-order valence-corrected chi connectivity index (χ1v) is 7.58. The maximum Gasteiger partial charge on any atom is 0.336 e. The fraction of sp³-hybridized carbons (Fsp3) is 0.333. The number of carbonyl (C=O) groups is 1. The van der Waals surface area contributed by atoms with Crippen molar-refractivity contribution < 1.29 is 13.9 Å². The lowest BCUT2D eigenvalue weighted by Gasteiger charge is -2.24. The van der Waals surface area contributed by atoms with Crippen molar-refractivity contribution in [3.8, 4) is 5.75 Å². The Bertz CT molecular complexity index is 776. The molecule has 0 saturated heterocycles. The molecule has 0 saturated carbocycles. The van der Waals surface area contributed by atoms with Gasteiger partial charge in [-0.2, -0.15) is 0 Å². The van der Waals surface area contributed by atoms with Crippen LogP contribution in [0.3, 0.4) is 0 Å². The van der Waals surface area contributed by atoms with Gasteiger partial charge in [0.25, 0.3) is 0 Å². The Hall–Kier alpha value is -1.37. The Morgan fingerprint density at radius 2 is 2.10 bits per heavy atom. The average molecular weight is 384 g/mol. The normalized spacial score (nSPS) is 17.9. The number of ether oxygens (including phenoxy) is 1. The van der Waals surface area contributed by atoms with Gasteiger partial charge in [0.2, 0.25) is 0 Å². The SMILES string of the molecule is CCc1cc(=O)oc2cc3c(c(I)c12)C(=O)CC(C)O3. The molecule has 0 spiro atoms. The number of rotatable bonds is 1. The highest BCUT2D eigenvalue weighted by Gasteiger charge is 2.28. The van der Waals surface area contributed by atoms with E-state index in [0.717, 1.165) is 14.5 Å². The predicted octanol–water partition coefficient (Wildman–Crippen LogP) is 3.31. The zero-order valence-corrected chi connectivity index (χ0v) is 13.3. The molecule has 2 aromatic rings. The zero-order valence-electron chi connectivity index (χ0n) is 11.2. The first kappa shape index (κ1) is 13.6. The van der Waals surface area contributed by atoms with Gasteiger partial charge in [-0.3, -0.25) is 4.79 Å². The van der Waals surface area contributed by atoms with Crippen molar-refractivity contribution in [1.82, 2.24) is 0 Å². The topological polar surface area (TPSA) is 56.5 Å². The van der Waals surface area contributed by atoms with E-state index >= 15 is 0 Å². The molecule has 0 aliphatic carbocycles. The molecule has 1 aromatic heterocycles. The fourth-order valence-corrected chi connectivity index (χ4v) is 3.77. The van der Waals surface area contributed by atoms with Crippen LogP contribution in [0.5, 0.6) is 5.75 Å². The molecule has 1 atom stereocenters. The van der Waals surface area contributed by atoms with Gasteiger partial charge in [0.05, 0.1) is 5.56 Å². The van der Waals surface area contributed by atoms with Gasteiger partial charge in [-0.25, -0.2) is 4.79 Å². The van der Waals surface area contributed by atoms with E-state index in [-0.39, 0.29) is 17.5 Å². The van der Waals surface area contributed by atoms with Crippen LogP contribution in [-0.2, 0) is 6.42 Å². The Labute approximate surface area is 129 Å². The highest BCUT2D eigenvalue weighted by atomic mass is 127. The maximum atomic E-state index is 12.2. The van der Waals surface area contributed by atoms with Crippen molar-refractivity contribution in [3.63, 3.8) is 0 Å². The molecule has 3 rings (SSSR count). The first-order valence-electron chi connectivity index (χ1n) is 6.50. The molecule has 20 heavy (non-hydrogen) atoms. The average Bonchev–Trinajstić information content (AvgIpc) is 2.36. The van der Waals surface area contributed by atoms with Crippen molar-refractivity contribution in [1.29, 1.82) is 0 Å². The molecule has 0 bridgehead atoms. The van der Waals surface area contributed by atoms with Gasteiger partial charge in [0, 0.05) is 27.5 Å². The summed E-state index contributed by atoms with van der Waals surface area (Å²) in [6.07, 6.45) is 0.944. The number of hydrogen-bond donors (Lipinski definition) is 0. The van der Waals surface area contributed by atoms with E-state index < -0.39 is 0 Å². The summed E-state index contributed by atoms with van der Waals surface area (Å²) >= 11 is 2.14. The predicted molar refractivity (Wildman–Crippen MR) is 83.6 cm³/mol. The van der Waals surface area contributed by atoms with E-state index in [4.69, 9.17) is 9.15 Å². The van der Waals surface area contributed by atoms with Gasteiger partial charge in [-0.05, 0) is 41.5 Å². The van der Waals surface area contributed by atoms with E-state index in [1.54, 1.807) is 6.07 Å². The number of aryl methyl sites for hydroxylation is 1. The third-order valence-electron chi connectivity index (χ3n) is 3.48. The number of Topliss-reactive ketones (excluding diaryl/α,β-unsaturated/α-hetero) is 1. The van der Waals surface area contributed by atoms with Crippen LogP contribution in [0.4, 0.5) is 0 Å². The second-order valence-corrected chi connectivity index (χ2v) is 6.02. The van der Waals surface area contributed by atoms with Crippen molar-refractivity contribution in [3.05, 3.63) is 37.2 Å². The molecular weight excluding hydrogens is 371 g/mol. The largest absolute Gasteiger partial charge is 0.489 e. The van der Waals surface area contributed by atoms with Crippen LogP contribution in [0, 0.1) is 3.57 Å². The van der Waals surface area contributed by atoms with Crippen molar-refractivity contribution in [2.24, 2.45) is 0 Å². The second kappa shape index (κ2) is 4.87. The van der Waals surface area contributed by atoms with E-state index in [0.29, 0.717) is 29.7 Å². The van der Waals surface area contributed by atoms with Crippen LogP contribution in [0.25, 0.3) is 11.0 Å². The summed E-state index contributed by atoms with van der Waals surface area (Å²) in [4.78, 5) is 23.8. The molecule has 0 amide bonds. The third kappa shape index (κ3) is 2.04. The second-order valence-electron chi connectivity index (χ2n) is 4.94. The van der Waals surface area contributed by atoms with Crippen molar-refractivity contribution >= 4 is 39.3 Å². The maximum absolute atomic E-state index is 12.2. The number of hydrogen-bond acceptors (Lipinski definition) is 4. The number of carbonyl (C=O) groups excluding carboxylic acids is 1. The van der Waals surface area contributed by atoms with Gasteiger partial charge < -0.3 is 9.15 Å². The minimum absolute atomic E-state index is 0.0818. The molecule has 4 nitrogen and oxygen atoms in total. The first-order chi connectivity index (χ1) is 9.51. The monoisotopic (exact) mass is 384 g/mol. The summed E-state index contributed by atoms with van der Waals surface area (Å²) < 4.78 is 11.8. The number of ketones is 1. The Balaban J connectivity index is 2.42. The Morgan fingerprint density at radius 1 is 1.35 bits per heavy atom. The zero-order chi connectivity index (χ0) is 14.4. The van der Waals surface area contributed by atoms with Crippen LogP contribution in [0.1, 0.15) is 36.2 Å². The van der Waals surface area contributed by atoms with Gasteiger partial charge in [-0.15, -0.1) is 0 Å². The van der Waals surface area contributed by atoms with Gasteiger partial charge >= 0.3 is 5.63 Å². The minimum Gasteiger partial charge on any atom is -0.489 e. The van der Waals surface area contributed by atoms with E-state index in [1.807, 2.05) is 13.8 Å². The summed E-state index contributed by atoms with van der Waals surface area (Å²) in [6.45, 7) is 3.83. The van der Waals surface area contributed by atoms with Gasteiger partial charge in [0.1, 0.15) is 17.4 Å². The lowest BCUT2D eigenvalue weighted by molar-refractivity contribution is 0.0870. The lowest BCUT2D eigenvalue weighted by atomic mass is 9.97. The smallest absolute Gasteiger partial charge is 0.336 e. The van der Waals surface area contributed by atoms with E-state index in [9.17, 15) is 9.59 Å². The van der Waals surface area contributed by atoms with Crippen molar-refractivity contribution in [2.75, 3.05) is 0 Å². The fourth-order valence-electron chi connectivity index (χ4n) is 2.59. The highest BCUT2D eigenvalue weighted by molar-refractivity contribution is 14.1. The van der Waals surface area contributed by atoms with Crippen LogP contribution in [0.15, 0.2) is 21.3 Å². The van der Waals surface area contributed by atoms with Crippen LogP contribution in [-0.4, -0.2) is 11.9 Å². The minimum atomic E-state index is -0.375. The Morgan fingerprint density at radius 3 is 2.80 bits per heavy atom. The lowest BCUT2D eigenvalue weighted by Crippen LogP contribution is -2.25. The van der Waals surface area contributed by atoms with Crippen LogP contribution in [0.2, 0.25) is 0 Å². The third-order valence-corrected chi connectivity index (χ3v) is 4.56. The number of fused-ring (bicyclic) bond motifs is 2. The molecule has 104 valence electrons. The molecule has 0 N–H and O–H groups in total. The molecule has 1 aliphatic heterocycles. The molecule has 0 fully saturated rings. The van der Waals surface area contributed by atoms with E-state index in [2.05, 4.69) is 22.6 Å². The summed E-state index contributed by atoms with van der Waals surface area (Å²) in [5.74, 6) is 0.598. The number of benzene rings is 1. The van der Waals surface area contributed by atoms with Crippen LogP contribution < -0.4 is 10.4 Å². The molecule has 1 aromatic carbocycles. The quantitative estimate of drug-likeness (QED) is 0.559. The van der Waals surface area contributed by atoms with Gasteiger partial charge in [0.15, 0.2) is 5.78 Å². The summed E-state index contributed by atoms with van der Waals surface area (Å²) in [6, 6.07) is 3.16. The van der Waals surface area contributed by atoms with Gasteiger partial charge in [-0.1, -0.05) is 6.92 Å². The molecule has 1 aliphatic rings. The Kier molecular flexibility index (Phi) is 3.32.